The molecule has 2 heterocycles. The van der Waals surface area contributed by atoms with Crippen LogP contribution in [0, 0.1) is 11.8 Å². The fourth-order valence-corrected chi connectivity index (χ4v) is 5.48. The maximum Gasteiger partial charge on any atom is 0.233 e. The van der Waals surface area contributed by atoms with Crippen molar-refractivity contribution in [2.75, 3.05) is 33.3 Å². The molecule has 0 unspecified atom stereocenters. The number of ether oxygens (including phenoxy) is 1. The maximum atomic E-state index is 12.6. The van der Waals surface area contributed by atoms with Gasteiger partial charge in [-0.1, -0.05) is 12.8 Å². The highest BCUT2D eigenvalue weighted by Gasteiger charge is 2.47. The first-order chi connectivity index (χ1) is 15.1. The van der Waals surface area contributed by atoms with E-state index in [1.54, 1.807) is 7.11 Å². The fourth-order valence-electron chi connectivity index (χ4n) is 5.48. The zero-order valence-corrected chi connectivity index (χ0v) is 18.4. The fraction of sp³-hybridized carbons (Fsp3) is 0.625. The van der Waals surface area contributed by atoms with Crippen molar-refractivity contribution in [1.82, 2.24) is 10.2 Å². The molecule has 3 fully saturated rings. The standard InChI is InChI=1S/C24H33N3O4/c1-31-18-10-8-17(9-11-18)21(26-13-4-5-14-26)16-25-22(28)12-15-27-23(29)19-6-2-3-7-20(19)24(27)30/h8-11,19-21H,2-7,12-16H2,1H3,(H,25,28)/p+1/t19-,20-,21-/m0/s1. The molecule has 1 aromatic carbocycles. The molecular formula is C24H34N3O4+. The molecule has 1 aliphatic carbocycles. The van der Waals surface area contributed by atoms with Crippen LogP contribution in [0.4, 0.5) is 0 Å². The second-order valence-corrected chi connectivity index (χ2v) is 9.07. The SMILES string of the molecule is COc1ccc([C@H](CNC(=O)CCN2C(=O)[C@H]3CCCC[C@@H]3C2=O)[NH+]2CCCC2)cc1. The zero-order valence-electron chi connectivity index (χ0n) is 18.4. The first kappa shape index (κ1) is 21.8. The second-order valence-electron chi connectivity index (χ2n) is 9.07. The third kappa shape index (κ3) is 4.76. The van der Waals surface area contributed by atoms with E-state index in [4.69, 9.17) is 4.74 Å². The van der Waals surface area contributed by atoms with E-state index in [1.165, 1.54) is 28.2 Å². The molecule has 2 saturated heterocycles. The van der Waals surface area contributed by atoms with E-state index < -0.39 is 0 Å². The summed E-state index contributed by atoms with van der Waals surface area (Å²) in [6, 6.07) is 8.26. The van der Waals surface area contributed by atoms with Crippen LogP contribution in [0.3, 0.4) is 0 Å². The largest absolute Gasteiger partial charge is 0.497 e. The normalized spacial score (nSPS) is 24.9. The summed E-state index contributed by atoms with van der Waals surface area (Å²) in [5.41, 5.74) is 1.19. The number of fused-ring (bicyclic) bond motifs is 1. The first-order valence-electron chi connectivity index (χ1n) is 11.7. The predicted molar refractivity (Wildman–Crippen MR) is 115 cm³/mol. The summed E-state index contributed by atoms with van der Waals surface area (Å²) in [7, 11) is 1.66. The highest BCUT2D eigenvalue weighted by molar-refractivity contribution is 6.05. The molecule has 3 atom stereocenters. The molecule has 3 amide bonds. The van der Waals surface area contributed by atoms with Gasteiger partial charge in [0.2, 0.25) is 17.7 Å². The number of rotatable bonds is 8. The van der Waals surface area contributed by atoms with E-state index in [-0.39, 0.29) is 48.6 Å². The summed E-state index contributed by atoms with van der Waals surface area (Å²) < 4.78 is 5.27. The number of likely N-dealkylation sites (tertiary alicyclic amines) is 2. The van der Waals surface area contributed by atoms with E-state index in [9.17, 15) is 14.4 Å². The number of nitrogens with one attached hydrogen (secondary N) is 2. The van der Waals surface area contributed by atoms with Gasteiger partial charge >= 0.3 is 0 Å². The summed E-state index contributed by atoms with van der Waals surface area (Å²) in [5, 5.41) is 3.06. The van der Waals surface area contributed by atoms with Crippen molar-refractivity contribution in [1.29, 1.82) is 0 Å². The van der Waals surface area contributed by atoms with Gasteiger partial charge in [0.05, 0.1) is 38.6 Å². The van der Waals surface area contributed by atoms with Crippen LogP contribution in [0.25, 0.3) is 0 Å². The van der Waals surface area contributed by atoms with E-state index in [1.807, 2.05) is 12.1 Å². The summed E-state index contributed by atoms with van der Waals surface area (Å²) in [6.07, 6.45) is 6.22. The first-order valence-corrected chi connectivity index (χ1v) is 11.7. The Labute approximate surface area is 184 Å². The Morgan fingerprint density at radius 1 is 1.06 bits per heavy atom. The van der Waals surface area contributed by atoms with Gasteiger partial charge in [-0.25, -0.2) is 0 Å². The third-order valence-electron chi connectivity index (χ3n) is 7.25. The van der Waals surface area contributed by atoms with Gasteiger partial charge in [-0.2, -0.15) is 0 Å². The lowest BCUT2D eigenvalue weighted by Gasteiger charge is -2.25. The Morgan fingerprint density at radius 3 is 2.26 bits per heavy atom. The number of hydrogen-bond donors (Lipinski definition) is 2. The lowest BCUT2D eigenvalue weighted by Crippen LogP contribution is -3.11. The quantitative estimate of drug-likeness (QED) is 0.608. The van der Waals surface area contributed by atoms with Crippen LogP contribution in [0.2, 0.25) is 0 Å². The molecule has 0 bridgehead atoms. The van der Waals surface area contributed by atoms with Crippen LogP contribution < -0.4 is 15.0 Å². The van der Waals surface area contributed by atoms with Crippen LogP contribution in [0.15, 0.2) is 24.3 Å². The minimum atomic E-state index is -0.150. The van der Waals surface area contributed by atoms with Crippen LogP contribution in [-0.2, 0) is 14.4 Å². The molecule has 0 spiro atoms. The number of amides is 3. The number of imide groups is 1. The highest BCUT2D eigenvalue weighted by Crippen LogP contribution is 2.37. The maximum absolute atomic E-state index is 12.6. The lowest BCUT2D eigenvalue weighted by molar-refractivity contribution is -0.918. The van der Waals surface area contributed by atoms with Crippen molar-refractivity contribution in [3.63, 3.8) is 0 Å². The Morgan fingerprint density at radius 2 is 1.68 bits per heavy atom. The van der Waals surface area contributed by atoms with E-state index in [2.05, 4.69) is 17.4 Å². The van der Waals surface area contributed by atoms with Crippen LogP contribution in [0.1, 0.15) is 56.6 Å². The molecule has 168 valence electrons. The molecule has 1 saturated carbocycles. The predicted octanol–water partition coefficient (Wildman–Crippen LogP) is 1.10. The number of methoxy groups -OCH3 is 1. The second kappa shape index (κ2) is 9.81. The Kier molecular flexibility index (Phi) is 6.90. The molecule has 3 aliphatic rings. The van der Waals surface area contributed by atoms with Gasteiger partial charge in [-0.3, -0.25) is 19.3 Å². The van der Waals surface area contributed by atoms with Crippen molar-refractivity contribution in [3.05, 3.63) is 29.8 Å². The van der Waals surface area contributed by atoms with Crippen LogP contribution >= 0.6 is 0 Å². The smallest absolute Gasteiger partial charge is 0.233 e. The molecule has 7 heteroatoms. The molecule has 4 rings (SSSR count). The topological polar surface area (TPSA) is 80.2 Å². The molecule has 1 aromatic rings. The van der Waals surface area contributed by atoms with Gasteiger partial charge in [0.15, 0.2) is 0 Å². The molecular weight excluding hydrogens is 394 g/mol. The highest BCUT2D eigenvalue weighted by atomic mass is 16.5. The molecule has 2 N–H and O–H groups in total. The van der Waals surface area contributed by atoms with Crippen molar-refractivity contribution in [2.24, 2.45) is 11.8 Å². The molecule has 31 heavy (non-hydrogen) atoms. The van der Waals surface area contributed by atoms with Crippen molar-refractivity contribution in [2.45, 2.75) is 51.0 Å². The average Bonchev–Trinajstić information content (AvgIpc) is 3.41. The number of carbonyl (C=O) groups excluding carboxylic acids is 3. The number of hydrogen-bond acceptors (Lipinski definition) is 4. The number of carbonyl (C=O) groups is 3. The summed E-state index contributed by atoms with van der Waals surface area (Å²) >= 11 is 0. The summed E-state index contributed by atoms with van der Waals surface area (Å²) in [6.45, 7) is 2.95. The summed E-state index contributed by atoms with van der Waals surface area (Å²) in [4.78, 5) is 40.6. The Bertz CT molecular complexity index is 780. The van der Waals surface area contributed by atoms with Crippen molar-refractivity contribution in [3.8, 4) is 5.75 Å². The minimum absolute atomic E-state index is 0.0693. The zero-order chi connectivity index (χ0) is 21.8. The molecule has 7 nitrogen and oxygen atoms in total. The number of quaternary nitrogens is 1. The number of nitrogens with zero attached hydrogens (tertiary/aromatic N) is 1. The van der Waals surface area contributed by atoms with Crippen LogP contribution in [0.5, 0.6) is 5.75 Å². The minimum Gasteiger partial charge on any atom is -0.497 e. The van der Waals surface area contributed by atoms with Gasteiger partial charge in [0.1, 0.15) is 11.8 Å². The van der Waals surface area contributed by atoms with Gasteiger partial charge < -0.3 is 15.0 Å². The summed E-state index contributed by atoms with van der Waals surface area (Å²) in [5.74, 6) is 0.279. The monoisotopic (exact) mass is 428 g/mol. The van der Waals surface area contributed by atoms with Crippen molar-refractivity contribution < 1.29 is 24.0 Å². The van der Waals surface area contributed by atoms with E-state index >= 15 is 0 Å². The van der Waals surface area contributed by atoms with E-state index in [0.29, 0.717) is 6.54 Å². The molecule has 2 aliphatic heterocycles. The lowest BCUT2D eigenvalue weighted by atomic mass is 9.81. The third-order valence-corrected chi connectivity index (χ3v) is 7.25. The number of benzene rings is 1. The van der Waals surface area contributed by atoms with Gasteiger partial charge in [-0.05, 0) is 37.1 Å². The Hall–Kier alpha value is -2.41. The molecule has 0 radical (unpaired) electrons. The van der Waals surface area contributed by atoms with E-state index in [0.717, 1.165) is 44.5 Å². The van der Waals surface area contributed by atoms with Gasteiger partial charge in [-0.15, -0.1) is 0 Å². The van der Waals surface area contributed by atoms with Gasteiger partial charge in [0.25, 0.3) is 0 Å². The van der Waals surface area contributed by atoms with Crippen molar-refractivity contribution >= 4 is 17.7 Å². The molecule has 0 aromatic heterocycles. The average molecular weight is 429 g/mol. The van der Waals surface area contributed by atoms with Gasteiger partial charge in [0, 0.05) is 31.4 Å². The van der Waals surface area contributed by atoms with Crippen LogP contribution in [-0.4, -0.2) is 55.9 Å². The Balaban J connectivity index is 1.32.